The van der Waals surface area contributed by atoms with E-state index in [4.69, 9.17) is 0 Å². The van der Waals surface area contributed by atoms with Crippen LogP contribution in [0.2, 0.25) is 0 Å². The first-order chi connectivity index (χ1) is 16.0. The van der Waals surface area contributed by atoms with Gasteiger partial charge in [-0.2, -0.15) is 0 Å². The van der Waals surface area contributed by atoms with E-state index in [9.17, 15) is 18.7 Å². The molecule has 1 amide bonds. The van der Waals surface area contributed by atoms with Crippen LogP contribution in [0, 0.1) is 11.6 Å². The summed E-state index contributed by atoms with van der Waals surface area (Å²) >= 11 is 0. The number of piperidine rings is 1. The quantitative estimate of drug-likeness (QED) is 0.473. The molecule has 0 unspecified atom stereocenters. The lowest BCUT2D eigenvalue weighted by atomic mass is 9.78. The van der Waals surface area contributed by atoms with Gasteiger partial charge in [-0.25, -0.2) is 8.78 Å². The number of aliphatic hydroxyl groups excluding tert-OH is 1. The Morgan fingerprint density at radius 2 is 1.76 bits per heavy atom. The number of halogens is 2. The van der Waals surface area contributed by atoms with Gasteiger partial charge in [0.15, 0.2) is 0 Å². The van der Waals surface area contributed by atoms with Crippen LogP contribution in [0.3, 0.4) is 0 Å². The molecule has 0 saturated carbocycles. The first-order valence-corrected chi connectivity index (χ1v) is 12.0. The first kappa shape index (κ1) is 26.3. The van der Waals surface area contributed by atoms with E-state index in [2.05, 4.69) is 61.0 Å². The van der Waals surface area contributed by atoms with Crippen molar-refractivity contribution in [1.82, 2.24) is 16.0 Å². The fourth-order valence-corrected chi connectivity index (χ4v) is 4.67. The maximum atomic E-state index is 13.7. The molecule has 7 heteroatoms. The Bertz CT molecular complexity index is 964. The molecule has 2 aromatic rings. The molecular weight excluding hydrogens is 436 g/mol. The predicted molar refractivity (Wildman–Crippen MR) is 131 cm³/mol. The smallest absolute Gasteiger partial charge is 0.217 e. The zero-order valence-electron chi connectivity index (χ0n) is 20.6. The van der Waals surface area contributed by atoms with Crippen LogP contribution in [0.1, 0.15) is 57.2 Å². The number of hydrogen-bond donors (Lipinski definition) is 4. The summed E-state index contributed by atoms with van der Waals surface area (Å²) in [6.07, 6.45) is 0.874. The van der Waals surface area contributed by atoms with Gasteiger partial charge in [-0.3, -0.25) is 4.79 Å². The Labute approximate surface area is 201 Å². The molecular formula is C27H37F2N3O2. The third kappa shape index (κ3) is 6.84. The third-order valence-electron chi connectivity index (χ3n) is 6.62. The van der Waals surface area contributed by atoms with Crippen LogP contribution in [0.5, 0.6) is 0 Å². The van der Waals surface area contributed by atoms with Crippen LogP contribution in [0.4, 0.5) is 8.78 Å². The summed E-state index contributed by atoms with van der Waals surface area (Å²) < 4.78 is 27.4. The fraction of sp³-hybridized carbons (Fsp3) is 0.519. The van der Waals surface area contributed by atoms with Crippen molar-refractivity contribution in [3.63, 3.8) is 0 Å². The van der Waals surface area contributed by atoms with Gasteiger partial charge in [-0.1, -0.05) is 45.0 Å². The van der Waals surface area contributed by atoms with E-state index < -0.39 is 23.8 Å². The van der Waals surface area contributed by atoms with Gasteiger partial charge in [0.25, 0.3) is 0 Å². The van der Waals surface area contributed by atoms with Crippen LogP contribution in [-0.2, 0) is 22.2 Å². The molecule has 0 spiro atoms. The first-order valence-electron chi connectivity index (χ1n) is 12.0. The van der Waals surface area contributed by atoms with Crippen molar-refractivity contribution < 1.29 is 18.7 Å². The van der Waals surface area contributed by atoms with Gasteiger partial charge < -0.3 is 21.1 Å². The maximum absolute atomic E-state index is 13.7. The summed E-state index contributed by atoms with van der Waals surface area (Å²) in [6, 6.07) is 11.2. The molecule has 3 rings (SSSR count). The van der Waals surface area contributed by atoms with Crippen LogP contribution in [0.15, 0.2) is 42.5 Å². The normalized spacial score (nSPS) is 17.7. The predicted octanol–water partition coefficient (Wildman–Crippen LogP) is 3.54. The van der Waals surface area contributed by atoms with E-state index >= 15 is 0 Å². The standard InChI is InChI=1S/C27H37F2N3O2/c1-18(33)32-24(14-19-12-22(28)16-23(29)13-19)25(34)17-31-27(8-10-30-11-9-27)21-7-5-6-20(15-21)26(2,3)4/h5-7,12-13,15-16,24-25,30-31,34H,8-11,14,17H2,1-4H3,(H,32,33)/t24-,25-/m0/s1. The van der Waals surface area contributed by atoms with Gasteiger partial charge in [0.05, 0.1) is 12.1 Å². The van der Waals surface area contributed by atoms with Gasteiger partial charge in [0.2, 0.25) is 5.91 Å². The molecule has 0 aromatic heterocycles. The fourth-order valence-electron chi connectivity index (χ4n) is 4.67. The number of carbonyl (C=O) groups excluding carboxylic acids is 1. The van der Waals surface area contributed by atoms with Crippen molar-refractivity contribution in [2.24, 2.45) is 0 Å². The van der Waals surface area contributed by atoms with Crippen LogP contribution in [-0.4, -0.2) is 42.8 Å². The van der Waals surface area contributed by atoms with Crippen molar-refractivity contribution in [1.29, 1.82) is 0 Å². The second-order valence-corrected chi connectivity index (χ2v) is 10.4. The second kappa shape index (κ2) is 10.9. The van der Waals surface area contributed by atoms with E-state index in [0.29, 0.717) is 5.56 Å². The summed E-state index contributed by atoms with van der Waals surface area (Å²) in [5.74, 6) is -1.68. The zero-order chi connectivity index (χ0) is 24.9. The maximum Gasteiger partial charge on any atom is 0.217 e. The SMILES string of the molecule is CC(=O)N[C@@H](Cc1cc(F)cc(F)c1)[C@@H](O)CNC1(c2cccc(C(C)(C)C)c2)CCNCC1. The molecule has 0 radical (unpaired) electrons. The van der Waals surface area contributed by atoms with Gasteiger partial charge in [-0.15, -0.1) is 0 Å². The molecule has 2 aromatic carbocycles. The summed E-state index contributed by atoms with van der Waals surface area (Å²) in [6.45, 7) is 9.85. The molecule has 1 aliphatic heterocycles. The Hall–Kier alpha value is -2.35. The molecule has 1 heterocycles. The van der Waals surface area contributed by atoms with E-state index in [1.54, 1.807) is 0 Å². The Kier molecular flexibility index (Phi) is 8.44. The average Bonchev–Trinajstić information content (AvgIpc) is 2.76. The third-order valence-corrected chi connectivity index (χ3v) is 6.62. The van der Waals surface area contributed by atoms with Crippen molar-refractivity contribution in [2.75, 3.05) is 19.6 Å². The minimum Gasteiger partial charge on any atom is -0.390 e. The molecule has 0 aliphatic carbocycles. The van der Waals surface area contributed by atoms with Crippen molar-refractivity contribution >= 4 is 5.91 Å². The average molecular weight is 474 g/mol. The van der Waals surface area contributed by atoms with Crippen molar-refractivity contribution in [2.45, 2.75) is 70.1 Å². The topological polar surface area (TPSA) is 73.4 Å². The van der Waals surface area contributed by atoms with Crippen LogP contribution >= 0.6 is 0 Å². The number of amides is 1. The van der Waals surface area contributed by atoms with E-state index in [1.165, 1.54) is 30.2 Å². The molecule has 34 heavy (non-hydrogen) atoms. The van der Waals surface area contributed by atoms with Crippen LogP contribution < -0.4 is 16.0 Å². The minimum absolute atomic E-state index is 0.0143. The molecule has 4 N–H and O–H groups in total. The van der Waals surface area contributed by atoms with Gasteiger partial charge in [0.1, 0.15) is 11.6 Å². The number of hydrogen-bond acceptors (Lipinski definition) is 4. The highest BCUT2D eigenvalue weighted by Gasteiger charge is 2.35. The van der Waals surface area contributed by atoms with E-state index in [-0.39, 0.29) is 29.8 Å². The monoisotopic (exact) mass is 473 g/mol. The molecule has 186 valence electrons. The van der Waals surface area contributed by atoms with Crippen molar-refractivity contribution in [3.05, 3.63) is 70.8 Å². The highest BCUT2D eigenvalue weighted by molar-refractivity contribution is 5.73. The highest BCUT2D eigenvalue weighted by atomic mass is 19.1. The second-order valence-electron chi connectivity index (χ2n) is 10.4. The van der Waals surface area contributed by atoms with Gasteiger partial charge in [-0.05, 0) is 66.6 Å². The van der Waals surface area contributed by atoms with E-state index in [1.807, 2.05) is 0 Å². The molecule has 1 aliphatic rings. The Morgan fingerprint density at radius 1 is 1.12 bits per heavy atom. The minimum atomic E-state index is -0.951. The van der Waals surface area contributed by atoms with E-state index in [0.717, 1.165) is 32.0 Å². The highest BCUT2D eigenvalue weighted by Crippen LogP contribution is 2.33. The molecule has 2 atom stereocenters. The summed E-state index contributed by atoms with van der Waals surface area (Å²) in [7, 11) is 0. The lowest BCUT2D eigenvalue weighted by molar-refractivity contribution is -0.120. The van der Waals surface area contributed by atoms with Gasteiger partial charge in [0, 0.05) is 25.1 Å². The Balaban J connectivity index is 1.80. The molecule has 5 nitrogen and oxygen atoms in total. The van der Waals surface area contributed by atoms with Gasteiger partial charge >= 0.3 is 0 Å². The number of nitrogens with one attached hydrogen (secondary N) is 3. The zero-order valence-corrected chi connectivity index (χ0v) is 20.6. The molecule has 1 fully saturated rings. The Morgan fingerprint density at radius 3 is 2.35 bits per heavy atom. The van der Waals surface area contributed by atoms with Crippen LogP contribution in [0.25, 0.3) is 0 Å². The molecule has 0 bridgehead atoms. The number of carbonyl (C=O) groups is 1. The lowest BCUT2D eigenvalue weighted by Gasteiger charge is -2.41. The lowest BCUT2D eigenvalue weighted by Crippen LogP contribution is -2.55. The summed E-state index contributed by atoms with van der Waals surface area (Å²) in [5.41, 5.74) is 2.50. The number of aliphatic hydroxyl groups is 1. The largest absolute Gasteiger partial charge is 0.390 e. The number of benzene rings is 2. The summed E-state index contributed by atoms with van der Waals surface area (Å²) in [4.78, 5) is 11.8. The summed E-state index contributed by atoms with van der Waals surface area (Å²) in [5, 5.41) is 20.8. The molecule has 1 saturated heterocycles. The van der Waals surface area contributed by atoms with Crippen molar-refractivity contribution in [3.8, 4) is 0 Å². The number of rotatable bonds is 8.